The summed E-state index contributed by atoms with van der Waals surface area (Å²) in [5.74, 6) is -2.09. The van der Waals surface area contributed by atoms with Gasteiger partial charge in [0.15, 0.2) is 0 Å². The third kappa shape index (κ3) is 3.06. The Morgan fingerprint density at radius 1 is 1.41 bits per heavy atom. The predicted octanol–water partition coefficient (Wildman–Crippen LogP) is 2.26. The summed E-state index contributed by atoms with van der Waals surface area (Å²) in [5, 5.41) is 5.95. The van der Waals surface area contributed by atoms with E-state index in [1.165, 1.54) is 0 Å². The molecule has 1 heterocycles. The van der Waals surface area contributed by atoms with E-state index < -0.39 is 17.4 Å². The quantitative estimate of drug-likeness (QED) is 0.900. The summed E-state index contributed by atoms with van der Waals surface area (Å²) in [7, 11) is 0. The van der Waals surface area contributed by atoms with Crippen LogP contribution in [0.25, 0.3) is 0 Å². The summed E-state index contributed by atoms with van der Waals surface area (Å²) >= 11 is 0. The molecular weight excluding hydrogens is 290 g/mol. The average molecular weight is 310 g/mol. The zero-order valence-corrected chi connectivity index (χ0v) is 12.5. The van der Waals surface area contributed by atoms with E-state index in [0.29, 0.717) is 18.9 Å². The molecule has 3 rings (SSSR count). The smallest absolute Gasteiger partial charge is 0.249 e. The fraction of sp³-hybridized carbons (Fsp3) is 0.562. The molecule has 22 heavy (non-hydrogen) atoms. The van der Waals surface area contributed by atoms with Gasteiger partial charge in [-0.25, -0.2) is 8.78 Å². The first-order valence-electron chi connectivity index (χ1n) is 7.49. The SMILES string of the molecule is CC1(CNC(=O)C2NCCOc3ccccc32)CC(F)(F)C1. The number of ether oxygens (including phenoxy) is 1. The largest absolute Gasteiger partial charge is 0.492 e. The van der Waals surface area contributed by atoms with Crippen LogP contribution in [0, 0.1) is 5.41 Å². The maximum atomic E-state index is 13.0. The van der Waals surface area contributed by atoms with Crippen LogP contribution in [-0.4, -0.2) is 31.5 Å². The molecule has 1 fully saturated rings. The first kappa shape index (κ1) is 15.2. The number of fused-ring (bicyclic) bond motifs is 1. The monoisotopic (exact) mass is 310 g/mol. The summed E-state index contributed by atoms with van der Waals surface area (Å²) in [6.07, 6.45) is -0.337. The Hall–Kier alpha value is -1.69. The average Bonchev–Trinajstić information content (AvgIpc) is 2.65. The van der Waals surface area contributed by atoms with E-state index >= 15 is 0 Å². The molecule has 1 saturated carbocycles. The van der Waals surface area contributed by atoms with Crippen molar-refractivity contribution < 1.29 is 18.3 Å². The first-order chi connectivity index (χ1) is 10.4. The van der Waals surface area contributed by atoms with Crippen molar-refractivity contribution in [2.75, 3.05) is 19.7 Å². The number of carbonyl (C=O) groups is 1. The summed E-state index contributed by atoms with van der Waals surface area (Å²) in [4.78, 5) is 12.4. The van der Waals surface area contributed by atoms with E-state index in [1.54, 1.807) is 6.92 Å². The molecule has 6 heteroatoms. The molecule has 1 amide bonds. The standard InChI is InChI=1S/C16H20F2N2O2/c1-15(8-16(17,18)9-15)10-20-14(21)13-11-4-2-3-5-12(11)22-7-6-19-13/h2-5,13,19H,6-10H2,1H3,(H,20,21). The zero-order valence-electron chi connectivity index (χ0n) is 12.5. The van der Waals surface area contributed by atoms with Gasteiger partial charge in [-0.15, -0.1) is 0 Å². The minimum absolute atomic E-state index is 0.169. The second-order valence-electron chi connectivity index (χ2n) is 6.51. The molecule has 0 aromatic heterocycles. The van der Waals surface area contributed by atoms with Crippen molar-refractivity contribution in [2.24, 2.45) is 5.41 Å². The molecule has 4 nitrogen and oxygen atoms in total. The van der Waals surface area contributed by atoms with Crippen LogP contribution in [0.3, 0.4) is 0 Å². The fourth-order valence-corrected chi connectivity index (χ4v) is 3.28. The highest BCUT2D eigenvalue weighted by Gasteiger charge is 2.53. The molecule has 120 valence electrons. The highest BCUT2D eigenvalue weighted by molar-refractivity contribution is 5.84. The summed E-state index contributed by atoms with van der Waals surface area (Å²) in [6.45, 7) is 3.09. The Bertz CT molecular complexity index is 569. The van der Waals surface area contributed by atoms with Crippen molar-refractivity contribution in [3.8, 4) is 5.75 Å². The number of halogens is 2. The molecule has 0 bridgehead atoms. The molecule has 1 aromatic carbocycles. The topological polar surface area (TPSA) is 50.4 Å². The van der Waals surface area contributed by atoms with E-state index in [2.05, 4.69) is 10.6 Å². The van der Waals surface area contributed by atoms with Crippen molar-refractivity contribution in [3.05, 3.63) is 29.8 Å². The lowest BCUT2D eigenvalue weighted by molar-refractivity contribution is -0.155. The molecule has 1 aliphatic carbocycles. The molecule has 2 aliphatic rings. The van der Waals surface area contributed by atoms with Crippen LogP contribution in [0.5, 0.6) is 5.75 Å². The van der Waals surface area contributed by atoms with Gasteiger partial charge in [0.1, 0.15) is 18.4 Å². The molecule has 0 radical (unpaired) electrons. The fourth-order valence-electron chi connectivity index (χ4n) is 3.28. The number of benzene rings is 1. The summed E-state index contributed by atoms with van der Waals surface area (Å²) < 4.78 is 31.6. The van der Waals surface area contributed by atoms with Crippen LogP contribution >= 0.6 is 0 Å². The molecule has 1 unspecified atom stereocenters. The summed E-state index contributed by atoms with van der Waals surface area (Å²) in [6, 6.07) is 6.87. The number of hydrogen-bond donors (Lipinski definition) is 2. The predicted molar refractivity (Wildman–Crippen MR) is 78.0 cm³/mol. The lowest BCUT2D eigenvalue weighted by Crippen LogP contribution is -2.51. The molecule has 1 aliphatic heterocycles. The second-order valence-corrected chi connectivity index (χ2v) is 6.51. The number of hydrogen-bond acceptors (Lipinski definition) is 3. The Morgan fingerprint density at radius 3 is 2.86 bits per heavy atom. The van der Waals surface area contributed by atoms with E-state index in [0.717, 1.165) is 5.56 Å². The first-order valence-corrected chi connectivity index (χ1v) is 7.49. The van der Waals surface area contributed by atoms with Gasteiger partial charge in [-0.1, -0.05) is 25.1 Å². The van der Waals surface area contributed by atoms with E-state index in [9.17, 15) is 13.6 Å². The Balaban J connectivity index is 1.65. The van der Waals surface area contributed by atoms with Crippen molar-refractivity contribution in [1.82, 2.24) is 10.6 Å². The van der Waals surface area contributed by atoms with Crippen LogP contribution in [-0.2, 0) is 4.79 Å². The van der Waals surface area contributed by atoms with E-state index in [4.69, 9.17) is 4.74 Å². The Labute approximate surface area is 128 Å². The molecular formula is C16H20F2N2O2. The minimum atomic E-state index is -2.58. The third-order valence-corrected chi connectivity index (χ3v) is 4.26. The summed E-state index contributed by atoms with van der Waals surface area (Å²) in [5.41, 5.74) is 0.265. The van der Waals surface area contributed by atoms with Crippen LogP contribution in [0.4, 0.5) is 8.78 Å². The van der Waals surface area contributed by atoms with Crippen LogP contribution in [0.15, 0.2) is 24.3 Å². The number of carbonyl (C=O) groups excluding carboxylic acids is 1. The normalized spacial score (nSPS) is 25.1. The molecule has 1 aromatic rings. The van der Waals surface area contributed by atoms with Crippen molar-refractivity contribution in [2.45, 2.75) is 31.7 Å². The van der Waals surface area contributed by atoms with Gasteiger partial charge in [0.05, 0.1) is 0 Å². The lowest BCUT2D eigenvalue weighted by Gasteiger charge is -2.45. The number of nitrogens with one attached hydrogen (secondary N) is 2. The van der Waals surface area contributed by atoms with Crippen molar-refractivity contribution in [1.29, 1.82) is 0 Å². The molecule has 2 N–H and O–H groups in total. The van der Waals surface area contributed by atoms with Crippen LogP contribution in [0.2, 0.25) is 0 Å². The lowest BCUT2D eigenvalue weighted by atomic mass is 9.67. The highest BCUT2D eigenvalue weighted by Crippen LogP contribution is 2.51. The van der Waals surface area contributed by atoms with Gasteiger partial charge >= 0.3 is 0 Å². The number of para-hydroxylation sites is 1. The van der Waals surface area contributed by atoms with E-state index in [1.807, 2.05) is 24.3 Å². The minimum Gasteiger partial charge on any atom is -0.492 e. The molecule has 0 spiro atoms. The maximum absolute atomic E-state index is 13.0. The van der Waals surface area contributed by atoms with Crippen LogP contribution < -0.4 is 15.4 Å². The van der Waals surface area contributed by atoms with Gasteiger partial charge in [-0.3, -0.25) is 10.1 Å². The zero-order chi connectivity index (χ0) is 15.8. The van der Waals surface area contributed by atoms with Crippen molar-refractivity contribution >= 4 is 5.91 Å². The third-order valence-electron chi connectivity index (χ3n) is 4.26. The van der Waals surface area contributed by atoms with Gasteiger partial charge in [0.25, 0.3) is 0 Å². The second kappa shape index (κ2) is 5.50. The maximum Gasteiger partial charge on any atom is 0.249 e. The molecule has 1 atom stereocenters. The Morgan fingerprint density at radius 2 is 2.14 bits per heavy atom. The Kier molecular flexibility index (Phi) is 3.80. The highest BCUT2D eigenvalue weighted by atomic mass is 19.3. The van der Waals surface area contributed by atoms with Crippen LogP contribution in [0.1, 0.15) is 31.4 Å². The van der Waals surface area contributed by atoms with Crippen molar-refractivity contribution in [3.63, 3.8) is 0 Å². The van der Waals surface area contributed by atoms with Gasteiger partial charge in [0.2, 0.25) is 11.8 Å². The molecule has 0 saturated heterocycles. The number of alkyl halides is 2. The van der Waals surface area contributed by atoms with Gasteiger partial charge in [0, 0.05) is 31.5 Å². The number of rotatable bonds is 3. The van der Waals surface area contributed by atoms with Gasteiger partial charge < -0.3 is 10.1 Å². The van der Waals surface area contributed by atoms with E-state index in [-0.39, 0.29) is 25.3 Å². The van der Waals surface area contributed by atoms with Gasteiger partial charge in [-0.05, 0) is 11.5 Å². The van der Waals surface area contributed by atoms with Gasteiger partial charge in [-0.2, -0.15) is 0 Å². The number of amides is 1.